The van der Waals surface area contributed by atoms with Crippen molar-refractivity contribution in [2.45, 2.75) is 64.9 Å². The van der Waals surface area contributed by atoms with Crippen molar-refractivity contribution < 1.29 is 29.0 Å². The first-order valence-corrected chi connectivity index (χ1v) is 10.1. The van der Waals surface area contributed by atoms with Crippen molar-refractivity contribution in [2.75, 3.05) is 12.3 Å². The van der Waals surface area contributed by atoms with E-state index in [1.807, 2.05) is 13.0 Å². The van der Waals surface area contributed by atoms with Crippen LogP contribution in [0, 0.1) is 5.92 Å². The zero-order chi connectivity index (χ0) is 21.6. The van der Waals surface area contributed by atoms with E-state index in [-0.39, 0.29) is 30.9 Å². The number of cyclic esters (lactones) is 1. The summed E-state index contributed by atoms with van der Waals surface area (Å²) < 4.78 is 5.60. The lowest BCUT2D eigenvalue weighted by Gasteiger charge is -2.22. The highest BCUT2D eigenvalue weighted by molar-refractivity contribution is 6.63. The lowest BCUT2D eigenvalue weighted by atomic mass is 9.93. The van der Waals surface area contributed by atoms with Crippen LogP contribution in [0.3, 0.4) is 0 Å². The molecular weight excluding hydrogens is 374 g/mol. The van der Waals surface area contributed by atoms with Crippen LogP contribution in [0.4, 0.5) is 5.69 Å². The molecule has 158 valence electrons. The Morgan fingerprint density at radius 3 is 2.45 bits per heavy atom. The van der Waals surface area contributed by atoms with Gasteiger partial charge < -0.3 is 15.6 Å². The Bertz CT molecular complexity index is 801. The summed E-state index contributed by atoms with van der Waals surface area (Å²) in [6.45, 7) is 3.60. The normalized spacial score (nSPS) is 22.0. The largest absolute Gasteiger partial charge is 0.459 e. The van der Waals surface area contributed by atoms with Gasteiger partial charge >= 0.3 is 5.97 Å². The van der Waals surface area contributed by atoms with Crippen molar-refractivity contribution in [3.63, 3.8) is 0 Å². The molecule has 2 rings (SSSR count). The number of aryl methyl sites for hydroxylation is 2. The van der Waals surface area contributed by atoms with Gasteiger partial charge in [0, 0.05) is 25.1 Å². The smallest absolute Gasteiger partial charge is 0.340 e. The van der Waals surface area contributed by atoms with Gasteiger partial charge in [-0.25, -0.2) is 4.79 Å². The Balaban J connectivity index is 2.38. The van der Waals surface area contributed by atoms with Crippen molar-refractivity contribution in [1.29, 1.82) is 0 Å². The average Bonchev–Trinajstić information content (AvgIpc) is 2.68. The van der Waals surface area contributed by atoms with Crippen LogP contribution in [0.2, 0.25) is 0 Å². The zero-order valence-corrected chi connectivity index (χ0v) is 17.0. The third-order valence-electron chi connectivity index (χ3n) is 5.42. The lowest BCUT2D eigenvalue weighted by molar-refractivity contribution is -0.144. The predicted molar refractivity (Wildman–Crippen MR) is 107 cm³/mol. The van der Waals surface area contributed by atoms with Crippen molar-refractivity contribution in [3.8, 4) is 0 Å². The number of Topliss-reactive ketones (excluding diaryl/α,β-unsaturated/α-hetero) is 3. The van der Waals surface area contributed by atoms with E-state index in [1.54, 1.807) is 13.0 Å². The Kier molecular flexibility index (Phi) is 8.08. The van der Waals surface area contributed by atoms with Gasteiger partial charge in [-0.05, 0) is 62.1 Å². The Labute approximate surface area is 170 Å². The number of aliphatic hydroxyl groups excluding tert-OH is 1. The molecule has 3 N–H and O–H groups in total. The molecule has 0 spiro atoms. The van der Waals surface area contributed by atoms with Crippen LogP contribution >= 0.6 is 0 Å². The topological polar surface area (TPSA) is 124 Å². The molecule has 1 aromatic carbocycles. The molecule has 7 nitrogen and oxygen atoms in total. The quantitative estimate of drug-likeness (QED) is 0.450. The van der Waals surface area contributed by atoms with Gasteiger partial charge in [-0.15, -0.1) is 0 Å². The number of ketones is 3. The number of carbonyl (C=O) groups excluding carboxylic acids is 4. The van der Waals surface area contributed by atoms with Gasteiger partial charge in [0.15, 0.2) is 0 Å². The third kappa shape index (κ3) is 5.97. The second-order valence-electron chi connectivity index (χ2n) is 7.70. The first-order valence-electron chi connectivity index (χ1n) is 10.1. The predicted octanol–water partition coefficient (Wildman–Crippen LogP) is 2.20. The Morgan fingerprint density at radius 2 is 1.76 bits per heavy atom. The summed E-state index contributed by atoms with van der Waals surface area (Å²) in [7, 11) is 0. The summed E-state index contributed by atoms with van der Waals surface area (Å²) in [6.07, 6.45) is 1.58. The van der Waals surface area contributed by atoms with E-state index in [9.17, 15) is 19.2 Å². The number of esters is 1. The van der Waals surface area contributed by atoms with Crippen molar-refractivity contribution in [2.24, 2.45) is 5.92 Å². The van der Waals surface area contributed by atoms with Gasteiger partial charge in [-0.1, -0.05) is 13.0 Å². The Hall–Kier alpha value is -2.54. The van der Waals surface area contributed by atoms with E-state index in [0.29, 0.717) is 43.4 Å². The van der Waals surface area contributed by atoms with Crippen LogP contribution in [0.25, 0.3) is 0 Å². The molecule has 0 aromatic heterocycles. The number of rotatable bonds is 3. The molecule has 0 saturated heterocycles. The van der Waals surface area contributed by atoms with Crippen molar-refractivity contribution in [1.82, 2.24) is 0 Å². The average molecular weight is 403 g/mol. The summed E-state index contributed by atoms with van der Waals surface area (Å²) >= 11 is 0. The minimum absolute atomic E-state index is 0.0408. The fraction of sp³-hybridized carbons (Fsp3) is 0.545. The molecule has 0 unspecified atom stereocenters. The molecule has 0 radical (unpaired) electrons. The summed E-state index contributed by atoms with van der Waals surface area (Å²) in [6, 6.07) is 3.54. The van der Waals surface area contributed by atoms with Crippen molar-refractivity contribution in [3.05, 3.63) is 28.8 Å². The van der Waals surface area contributed by atoms with Gasteiger partial charge in [-0.2, -0.15) is 0 Å². The maximum absolute atomic E-state index is 12.8. The van der Waals surface area contributed by atoms with Crippen LogP contribution in [0.15, 0.2) is 12.1 Å². The molecule has 1 aliphatic heterocycles. The highest BCUT2D eigenvalue weighted by atomic mass is 16.5. The number of carbonyl (C=O) groups is 4. The number of fused-ring (bicyclic) bond motifs is 1. The molecule has 2 atom stereocenters. The van der Waals surface area contributed by atoms with E-state index < -0.39 is 29.4 Å². The zero-order valence-electron chi connectivity index (χ0n) is 17.0. The van der Waals surface area contributed by atoms with Gasteiger partial charge in [0.25, 0.3) is 5.78 Å². The SMILES string of the molecule is C[C@@H]1CCC(=O)C(=O)C(=O)CCCc2cc(CCCO)cc(N)c2C(=O)O[C@H]1C. The molecule has 0 fully saturated rings. The summed E-state index contributed by atoms with van der Waals surface area (Å²) in [5.41, 5.74) is 8.26. The molecule has 0 bridgehead atoms. The van der Waals surface area contributed by atoms with Gasteiger partial charge in [-0.3, -0.25) is 14.4 Å². The van der Waals surface area contributed by atoms with Crippen LogP contribution in [0.1, 0.15) is 67.4 Å². The fourth-order valence-electron chi connectivity index (χ4n) is 3.43. The highest BCUT2D eigenvalue weighted by Gasteiger charge is 2.27. The van der Waals surface area contributed by atoms with Crippen molar-refractivity contribution >= 4 is 29.0 Å². The number of aliphatic hydroxyl groups is 1. The molecular formula is C22H29NO6. The Morgan fingerprint density at radius 1 is 1.07 bits per heavy atom. The van der Waals surface area contributed by atoms with E-state index in [1.165, 1.54) is 0 Å². The maximum atomic E-state index is 12.8. The summed E-state index contributed by atoms with van der Waals surface area (Å²) in [4.78, 5) is 48.9. The minimum Gasteiger partial charge on any atom is -0.459 e. The lowest BCUT2D eigenvalue weighted by Crippen LogP contribution is -2.28. The monoisotopic (exact) mass is 403 g/mol. The van der Waals surface area contributed by atoms with Crippen LogP contribution in [-0.2, 0) is 32.0 Å². The third-order valence-corrected chi connectivity index (χ3v) is 5.42. The highest BCUT2D eigenvalue weighted by Crippen LogP contribution is 2.26. The molecule has 1 heterocycles. The number of benzene rings is 1. The molecule has 29 heavy (non-hydrogen) atoms. The standard InChI is InChI=1S/C22H29NO6/c1-13-8-9-19(26)21(27)18(25)7-3-6-16-11-15(5-4-10-24)12-17(23)20(16)22(28)29-14(13)2/h11-14,24H,3-10,23H2,1-2H3/t13-,14+/m1/s1. The first-order chi connectivity index (χ1) is 13.7. The van der Waals surface area contributed by atoms with E-state index in [2.05, 4.69) is 0 Å². The number of nitrogens with two attached hydrogens (primary N) is 1. The molecule has 0 amide bonds. The van der Waals surface area contributed by atoms with Gasteiger partial charge in [0.05, 0.1) is 5.56 Å². The second kappa shape index (κ2) is 10.3. The van der Waals surface area contributed by atoms with E-state index in [0.717, 1.165) is 5.56 Å². The molecule has 1 aromatic rings. The van der Waals surface area contributed by atoms with E-state index in [4.69, 9.17) is 15.6 Å². The first kappa shape index (κ1) is 22.7. The van der Waals surface area contributed by atoms with Gasteiger partial charge in [0.2, 0.25) is 11.6 Å². The van der Waals surface area contributed by atoms with E-state index >= 15 is 0 Å². The molecule has 0 aliphatic carbocycles. The summed E-state index contributed by atoms with van der Waals surface area (Å²) in [5.74, 6) is -3.02. The number of anilines is 1. The number of ether oxygens (including phenoxy) is 1. The molecule has 0 saturated carbocycles. The fourth-order valence-corrected chi connectivity index (χ4v) is 3.43. The number of hydrogen-bond acceptors (Lipinski definition) is 7. The minimum atomic E-state index is -0.949. The van der Waals surface area contributed by atoms with Crippen LogP contribution in [-0.4, -0.2) is 41.1 Å². The molecule has 7 heteroatoms. The number of hydrogen-bond donors (Lipinski definition) is 2. The maximum Gasteiger partial charge on any atom is 0.340 e. The second-order valence-corrected chi connectivity index (χ2v) is 7.70. The summed E-state index contributed by atoms with van der Waals surface area (Å²) in [5, 5.41) is 9.06. The van der Waals surface area contributed by atoms with Crippen LogP contribution in [0.5, 0.6) is 0 Å². The van der Waals surface area contributed by atoms with Crippen LogP contribution < -0.4 is 5.73 Å². The molecule has 1 aliphatic rings. The number of nitrogen functional groups attached to an aromatic ring is 1. The van der Waals surface area contributed by atoms with Gasteiger partial charge in [0.1, 0.15) is 6.10 Å².